The molecule has 1 aromatic carbocycles. The smallest absolute Gasteiger partial charge is 0.248 e. The molecule has 0 radical (unpaired) electrons. The predicted molar refractivity (Wildman–Crippen MR) is 133 cm³/mol. The molecule has 192 valence electrons. The zero-order chi connectivity index (χ0) is 24.9. The number of hydrogen-bond acceptors (Lipinski definition) is 6. The molecule has 0 bridgehead atoms. The van der Waals surface area contributed by atoms with E-state index in [4.69, 9.17) is 9.47 Å². The molecule has 0 aromatic heterocycles. The van der Waals surface area contributed by atoms with Crippen LogP contribution in [0.5, 0.6) is 5.75 Å². The van der Waals surface area contributed by atoms with E-state index in [9.17, 15) is 13.2 Å². The third-order valence-electron chi connectivity index (χ3n) is 7.33. The highest BCUT2D eigenvalue weighted by molar-refractivity contribution is 7.89. The molecule has 2 aliphatic rings. The summed E-state index contributed by atoms with van der Waals surface area (Å²) in [5, 5.41) is 0. The largest absolute Gasteiger partial charge is 0.497 e. The summed E-state index contributed by atoms with van der Waals surface area (Å²) in [5.74, 6) is 0.590. The molecule has 9 heteroatoms. The van der Waals surface area contributed by atoms with Crippen molar-refractivity contribution in [1.82, 2.24) is 14.1 Å². The molecule has 1 aliphatic heterocycles. The molecule has 0 spiro atoms. The van der Waals surface area contributed by atoms with Gasteiger partial charge in [-0.05, 0) is 88.7 Å². The lowest BCUT2D eigenvalue weighted by Crippen LogP contribution is -2.47. The van der Waals surface area contributed by atoms with E-state index >= 15 is 0 Å². The Balaban J connectivity index is 1.47. The molecule has 34 heavy (non-hydrogen) atoms. The summed E-state index contributed by atoms with van der Waals surface area (Å²) in [6.07, 6.45) is 7.01. The highest BCUT2D eigenvalue weighted by atomic mass is 32.2. The van der Waals surface area contributed by atoms with Gasteiger partial charge in [0.15, 0.2) is 0 Å². The number of ether oxygens (including phenoxy) is 2. The predicted octanol–water partition coefficient (Wildman–Crippen LogP) is 2.81. The van der Waals surface area contributed by atoms with Crippen LogP contribution in [0.4, 0.5) is 0 Å². The summed E-state index contributed by atoms with van der Waals surface area (Å²) < 4.78 is 38.3. The summed E-state index contributed by atoms with van der Waals surface area (Å²) in [4.78, 5) is 17.4. The van der Waals surface area contributed by atoms with E-state index < -0.39 is 10.0 Å². The summed E-state index contributed by atoms with van der Waals surface area (Å²) in [5.41, 5.74) is 1.28. The molecular formula is C25H41N3O5S. The Morgan fingerprint density at radius 3 is 2.35 bits per heavy atom. The van der Waals surface area contributed by atoms with Gasteiger partial charge in [-0.2, -0.15) is 4.31 Å². The van der Waals surface area contributed by atoms with Crippen LogP contribution in [0.25, 0.3) is 0 Å². The van der Waals surface area contributed by atoms with Crippen LogP contribution in [-0.2, 0) is 19.6 Å². The SMILES string of the molecule is COc1cc(C)c(S(=O)(=O)N(C)CCOCC(=O)N(C)C2CCCC(N3CCCC3)C2)c(C)c1. The summed E-state index contributed by atoms with van der Waals surface area (Å²) in [7, 11) is 1.29. The van der Waals surface area contributed by atoms with Gasteiger partial charge in [0.1, 0.15) is 12.4 Å². The molecule has 1 saturated heterocycles. The second kappa shape index (κ2) is 11.8. The van der Waals surface area contributed by atoms with Gasteiger partial charge in [-0.15, -0.1) is 0 Å². The van der Waals surface area contributed by atoms with E-state index in [1.807, 2.05) is 11.9 Å². The van der Waals surface area contributed by atoms with Crippen molar-refractivity contribution in [3.8, 4) is 5.75 Å². The lowest BCUT2D eigenvalue weighted by molar-refractivity contribution is -0.137. The average Bonchev–Trinajstić information content (AvgIpc) is 3.35. The first-order valence-corrected chi connectivity index (χ1v) is 13.8. The quantitative estimate of drug-likeness (QED) is 0.465. The number of carbonyl (C=O) groups is 1. The molecule has 1 amide bonds. The molecule has 1 saturated carbocycles. The second-order valence-electron chi connectivity index (χ2n) is 9.69. The maximum atomic E-state index is 13.1. The van der Waals surface area contributed by atoms with Gasteiger partial charge in [-0.1, -0.05) is 0 Å². The van der Waals surface area contributed by atoms with Gasteiger partial charge in [0.2, 0.25) is 15.9 Å². The van der Waals surface area contributed by atoms with Crippen LogP contribution in [-0.4, -0.2) is 94.6 Å². The number of benzene rings is 1. The second-order valence-corrected chi connectivity index (χ2v) is 11.7. The van der Waals surface area contributed by atoms with Crippen LogP contribution >= 0.6 is 0 Å². The number of amides is 1. The first-order chi connectivity index (χ1) is 16.1. The van der Waals surface area contributed by atoms with Crippen LogP contribution < -0.4 is 4.74 Å². The van der Waals surface area contributed by atoms with Crippen LogP contribution in [0, 0.1) is 13.8 Å². The highest BCUT2D eigenvalue weighted by Gasteiger charge is 2.31. The zero-order valence-corrected chi connectivity index (χ0v) is 22.2. The van der Waals surface area contributed by atoms with Crippen molar-refractivity contribution < 1.29 is 22.7 Å². The van der Waals surface area contributed by atoms with Crippen molar-refractivity contribution in [1.29, 1.82) is 0 Å². The fourth-order valence-electron chi connectivity index (χ4n) is 5.30. The number of hydrogen-bond donors (Lipinski definition) is 0. The average molecular weight is 496 g/mol. The standard InChI is InChI=1S/C25H41N3O5S/c1-19-15-23(32-5)16-20(2)25(19)34(30,31)26(3)13-14-33-18-24(29)27(4)21-9-8-10-22(17-21)28-11-6-7-12-28/h15-16,21-22H,6-14,17-18H2,1-5H3. The zero-order valence-electron chi connectivity index (χ0n) is 21.4. The topological polar surface area (TPSA) is 79.4 Å². The Morgan fingerprint density at radius 2 is 1.74 bits per heavy atom. The lowest BCUT2D eigenvalue weighted by atomic mass is 9.89. The first kappa shape index (κ1) is 26.9. The number of carbonyl (C=O) groups excluding carboxylic acids is 1. The van der Waals surface area contributed by atoms with E-state index in [2.05, 4.69) is 4.90 Å². The normalized spacial score (nSPS) is 21.7. The van der Waals surface area contributed by atoms with E-state index in [0.717, 1.165) is 19.3 Å². The fraction of sp³-hybridized carbons (Fsp3) is 0.720. The monoisotopic (exact) mass is 495 g/mol. The number of likely N-dealkylation sites (tertiary alicyclic amines) is 1. The van der Waals surface area contributed by atoms with Crippen LogP contribution in [0.3, 0.4) is 0 Å². The fourth-order valence-corrected chi connectivity index (χ4v) is 6.86. The van der Waals surface area contributed by atoms with E-state index in [1.54, 1.807) is 33.1 Å². The molecule has 1 aliphatic carbocycles. The van der Waals surface area contributed by atoms with Crippen molar-refractivity contribution in [2.45, 2.75) is 69.4 Å². The van der Waals surface area contributed by atoms with Crippen molar-refractivity contribution >= 4 is 15.9 Å². The van der Waals surface area contributed by atoms with Crippen LogP contribution in [0.1, 0.15) is 49.7 Å². The van der Waals surface area contributed by atoms with Crippen molar-refractivity contribution in [3.05, 3.63) is 23.3 Å². The summed E-state index contributed by atoms with van der Waals surface area (Å²) >= 11 is 0. The maximum absolute atomic E-state index is 13.1. The Kier molecular flexibility index (Phi) is 9.37. The molecule has 1 heterocycles. The molecule has 8 nitrogen and oxygen atoms in total. The number of rotatable bonds is 10. The number of sulfonamides is 1. The number of nitrogens with zero attached hydrogens (tertiary/aromatic N) is 3. The molecule has 2 unspecified atom stereocenters. The van der Waals surface area contributed by atoms with E-state index in [-0.39, 0.29) is 36.6 Å². The van der Waals surface area contributed by atoms with Gasteiger partial charge in [0, 0.05) is 32.7 Å². The van der Waals surface area contributed by atoms with Gasteiger partial charge >= 0.3 is 0 Å². The highest BCUT2D eigenvalue weighted by Crippen LogP contribution is 2.29. The van der Waals surface area contributed by atoms with E-state index in [1.165, 1.54) is 43.7 Å². The van der Waals surface area contributed by atoms with Crippen molar-refractivity contribution in [2.24, 2.45) is 0 Å². The molecule has 1 aromatic rings. The maximum Gasteiger partial charge on any atom is 0.248 e. The minimum Gasteiger partial charge on any atom is -0.497 e. The first-order valence-electron chi connectivity index (χ1n) is 12.3. The van der Waals surface area contributed by atoms with Gasteiger partial charge in [-0.25, -0.2) is 8.42 Å². The summed E-state index contributed by atoms with van der Waals surface area (Å²) in [6, 6.07) is 4.27. The van der Waals surface area contributed by atoms with Gasteiger partial charge in [0.25, 0.3) is 0 Å². The Morgan fingerprint density at radius 1 is 1.09 bits per heavy atom. The Labute approximate surface area is 205 Å². The van der Waals surface area contributed by atoms with Gasteiger partial charge in [-0.3, -0.25) is 4.79 Å². The number of aryl methyl sites for hydroxylation is 2. The Bertz CT molecular complexity index is 923. The summed E-state index contributed by atoms with van der Waals surface area (Å²) in [6.45, 7) is 6.20. The lowest BCUT2D eigenvalue weighted by Gasteiger charge is -2.39. The third-order valence-corrected chi connectivity index (χ3v) is 9.49. The Hall–Kier alpha value is -1.68. The van der Waals surface area contributed by atoms with Gasteiger partial charge < -0.3 is 19.3 Å². The minimum absolute atomic E-state index is 0.0319. The van der Waals surface area contributed by atoms with Crippen LogP contribution in [0.2, 0.25) is 0 Å². The molecule has 0 N–H and O–H groups in total. The van der Waals surface area contributed by atoms with Gasteiger partial charge in [0.05, 0.1) is 18.6 Å². The molecular weight excluding hydrogens is 454 g/mol. The number of likely N-dealkylation sites (N-methyl/N-ethyl adjacent to an activating group) is 2. The van der Waals surface area contributed by atoms with E-state index in [0.29, 0.717) is 22.9 Å². The van der Waals surface area contributed by atoms with Crippen molar-refractivity contribution in [3.63, 3.8) is 0 Å². The van der Waals surface area contributed by atoms with Crippen LogP contribution in [0.15, 0.2) is 17.0 Å². The number of methoxy groups -OCH3 is 1. The molecule has 2 atom stereocenters. The molecule has 2 fully saturated rings. The third kappa shape index (κ3) is 6.30. The van der Waals surface area contributed by atoms with Crippen molar-refractivity contribution in [2.75, 3.05) is 54.1 Å². The minimum atomic E-state index is -3.68. The molecule has 3 rings (SSSR count).